The number of hydrogen-bond donors (Lipinski definition) is 1. The zero-order chi connectivity index (χ0) is 12.4. The largest absolute Gasteiger partial charge is 0.377 e. The molecule has 0 radical (unpaired) electrons. The molecule has 0 aromatic heterocycles. The maximum atomic E-state index is 10.9. The minimum atomic E-state index is -0.340. The summed E-state index contributed by atoms with van der Waals surface area (Å²) in [5.74, 6) is 0.707. The van der Waals surface area contributed by atoms with Gasteiger partial charge in [0.25, 0.3) is 5.69 Å². The number of rotatable bonds is 3. The SMILES string of the molecule is CC1CCC(Nc2cc(Br)ccc2[N+](=O)[O-])C1. The van der Waals surface area contributed by atoms with Gasteiger partial charge >= 0.3 is 0 Å². The Balaban J connectivity index is 2.19. The van der Waals surface area contributed by atoms with Crippen LogP contribution in [-0.4, -0.2) is 11.0 Å². The van der Waals surface area contributed by atoms with Gasteiger partial charge in [0.1, 0.15) is 5.69 Å². The summed E-state index contributed by atoms with van der Waals surface area (Å²) in [5, 5.41) is 14.2. The van der Waals surface area contributed by atoms with Gasteiger partial charge in [0.15, 0.2) is 0 Å². The van der Waals surface area contributed by atoms with E-state index in [1.807, 2.05) is 0 Å². The van der Waals surface area contributed by atoms with E-state index in [9.17, 15) is 10.1 Å². The molecule has 92 valence electrons. The molecule has 0 aliphatic heterocycles. The van der Waals surface area contributed by atoms with Crippen LogP contribution in [0, 0.1) is 16.0 Å². The Bertz CT molecular complexity index is 437. The van der Waals surface area contributed by atoms with Crippen molar-refractivity contribution in [3.63, 3.8) is 0 Å². The average Bonchev–Trinajstić information content (AvgIpc) is 2.63. The lowest BCUT2D eigenvalue weighted by atomic mass is 10.1. The van der Waals surface area contributed by atoms with Crippen molar-refractivity contribution in [3.05, 3.63) is 32.8 Å². The molecule has 1 N–H and O–H groups in total. The molecule has 5 heteroatoms. The van der Waals surface area contributed by atoms with E-state index in [4.69, 9.17) is 0 Å². The Morgan fingerprint density at radius 1 is 1.47 bits per heavy atom. The van der Waals surface area contributed by atoms with Crippen LogP contribution in [0.5, 0.6) is 0 Å². The van der Waals surface area contributed by atoms with Crippen molar-refractivity contribution in [1.29, 1.82) is 0 Å². The van der Waals surface area contributed by atoms with Gasteiger partial charge in [0, 0.05) is 16.6 Å². The molecule has 1 aromatic carbocycles. The second-order valence-corrected chi connectivity index (χ2v) is 5.59. The molecule has 2 atom stereocenters. The molecule has 4 nitrogen and oxygen atoms in total. The Hall–Kier alpha value is -1.10. The molecule has 0 amide bonds. The highest BCUT2D eigenvalue weighted by molar-refractivity contribution is 9.10. The summed E-state index contributed by atoms with van der Waals surface area (Å²) in [5.41, 5.74) is 0.760. The van der Waals surface area contributed by atoms with Gasteiger partial charge in [0.05, 0.1) is 4.92 Å². The van der Waals surface area contributed by atoms with Crippen LogP contribution < -0.4 is 5.32 Å². The molecular formula is C12H15BrN2O2. The number of nitro benzene ring substituents is 1. The third kappa shape index (κ3) is 2.97. The van der Waals surface area contributed by atoms with Crippen LogP contribution in [0.15, 0.2) is 22.7 Å². The molecule has 0 heterocycles. The van der Waals surface area contributed by atoms with Gasteiger partial charge in [-0.3, -0.25) is 10.1 Å². The molecule has 1 saturated carbocycles. The number of nitrogens with zero attached hydrogens (tertiary/aromatic N) is 1. The Kier molecular flexibility index (Phi) is 3.66. The van der Waals surface area contributed by atoms with E-state index in [-0.39, 0.29) is 10.6 Å². The molecule has 2 unspecified atom stereocenters. The second kappa shape index (κ2) is 5.04. The van der Waals surface area contributed by atoms with Crippen molar-refractivity contribution in [2.24, 2.45) is 5.92 Å². The highest BCUT2D eigenvalue weighted by Crippen LogP contribution is 2.32. The first-order chi connectivity index (χ1) is 8.06. The van der Waals surface area contributed by atoms with E-state index >= 15 is 0 Å². The number of hydrogen-bond acceptors (Lipinski definition) is 3. The molecule has 1 aromatic rings. The molecule has 0 saturated heterocycles. The molecule has 0 bridgehead atoms. The van der Waals surface area contributed by atoms with Crippen molar-refractivity contribution < 1.29 is 4.92 Å². The fourth-order valence-electron chi connectivity index (χ4n) is 2.34. The fraction of sp³-hybridized carbons (Fsp3) is 0.500. The molecule has 1 aliphatic carbocycles. The minimum absolute atomic E-state index is 0.146. The van der Waals surface area contributed by atoms with E-state index < -0.39 is 0 Å². The van der Waals surface area contributed by atoms with Crippen LogP contribution in [0.2, 0.25) is 0 Å². The molecule has 2 rings (SSSR count). The van der Waals surface area contributed by atoms with Crippen LogP contribution in [0.4, 0.5) is 11.4 Å². The molecule has 1 fully saturated rings. The van der Waals surface area contributed by atoms with Crippen LogP contribution in [0.1, 0.15) is 26.2 Å². The van der Waals surface area contributed by atoms with Crippen LogP contribution in [-0.2, 0) is 0 Å². The molecule has 17 heavy (non-hydrogen) atoms. The zero-order valence-corrected chi connectivity index (χ0v) is 11.2. The standard InChI is InChI=1S/C12H15BrN2O2/c1-8-2-4-10(6-8)14-11-7-9(13)3-5-12(11)15(16)17/h3,5,7-8,10,14H,2,4,6H2,1H3. The third-order valence-electron chi connectivity index (χ3n) is 3.21. The smallest absolute Gasteiger partial charge is 0.292 e. The van der Waals surface area contributed by atoms with Gasteiger partial charge < -0.3 is 5.32 Å². The Morgan fingerprint density at radius 3 is 2.82 bits per heavy atom. The van der Waals surface area contributed by atoms with Crippen molar-refractivity contribution in [3.8, 4) is 0 Å². The maximum absolute atomic E-state index is 10.9. The monoisotopic (exact) mass is 298 g/mol. The second-order valence-electron chi connectivity index (χ2n) is 4.68. The highest BCUT2D eigenvalue weighted by Gasteiger charge is 2.23. The summed E-state index contributed by atoms with van der Waals surface area (Å²) in [7, 11) is 0. The van der Waals surface area contributed by atoms with Gasteiger partial charge in [-0.1, -0.05) is 22.9 Å². The van der Waals surface area contributed by atoms with Gasteiger partial charge in [-0.25, -0.2) is 0 Å². The normalized spacial score (nSPS) is 23.6. The molecule has 0 spiro atoms. The summed E-state index contributed by atoms with van der Waals surface area (Å²) < 4.78 is 0.858. The minimum Gasteiger partial charge on any atom is -0.377 e. The van der Waals surface area contributed by atoms with E-state index in [1.54, 1.807) is 12.1 Å². The fourth-order valence-corrected chi connectivity index (χ4v) is 2.70. The van der Waals surface area contributed by atoms with Gasteiger partial charge in [-0.05, 0) is 37.3 Å². The lowest BCUT2D eigenvalue weighted by Gasteiger charge is -2.14. The van der Waals surface area contributed by atoms with E-state index in [0.717, 1.165) is 17.3 Å². The van der Waals surface area contributed by atoms with E-state index in [1.165, 1.54) is 12.5 Å². The predicted octanol–water partition coefficient (Wildman–Crippen LogP) is 3.96. The van der Waals surface area contributed by atoms with Gasteiger partial charge in [-0.15, -0.1) is 0 Å². The first-order valence-electron chi connectivity index (χ1n) is 5.76. The zero-order valence-electron chi connectivity index (χ0n) is 9.65. The number of nitrogens with one attached hydrogen (secondary N) is 1. The number of nitro groups is 1. The molecular weight excluding hydrogens is 284 g/mol. The third-order valence-corrected chi connectivity index (χ3v) is 3.70. The summed E-state index contributed by atoms with van der Waals surface area (Å²) in [6, 6.07) is 5.37. The van der Waals surface area contributed by atoms with Crippen LogP contribution in [0.25, 0.3) is 0 Å². The van der Waals surface area contributed by atoms with Crippen LogP contribution >= 0.6 is 15.9 Å². The Morgan fingerprint density at radius 2 is 2.24 bits per heavy atom. The number of benzene rings is 1. The molecule has 1 aliphatic rings. The number of halogens is 1. The summed E-state index contributed by atoms with van der Waals surface area (Å²) in [6.45, 7) is 2.22. The lowest BCUT2D eigenvalue weighted by molar-refractivity contribution is -0.384. The quantitative estimate of drug-likeness (QED) is 0.679. The van der Waals surface area contributed by atoms with Crippen molar-refractivity contribution in [1.82, 2.24) is 0 Å². The van der Waals surface area contributed by atoms with Gasteiger partial charge in [-0.2, -0.15) is 0 Å². The average molecular weight is 299 g/mol. The van der Waals surface area contributed by atoms with Gasteiger partial charge in [0.2, 0.25) is 0 Å². The van der Waals surface area contributed by atoms with E-state index in [0.29, 0.717) is 17.6 Å². The van der Waals surface area contributed by atoms with Crippen molar-refractivity contribution >= 4 is 27.3 Å². The first kappa shape index (κ1) is 12.4. The van der Waals surface area contributed by atoms with Crippen molar-refractivity contribution in [2.75, 3.05) is 5.32 Å². The highest BCUT2D eigenvalue weighted by atomic mass is 79.9. The number of anilines is 1. The maximum Gasteiger partial charge on any atom is 0.292 e. The van der Waals surface area contributed by atoms with Crippen molar-refractivity contribution in [2.45, 2.75) is 32.2 Å². The first-order valence-corrected chi connectivity index (χ1v) is 6.56. The summed E-state index contributed by atoms with van der Waals surface area (Å²) in [6.07, 6.45) is 3.37. The topological polar surface area (TPSA) is 55.2 Å². The Labute approximate surface area is 109 Å². The lowest BCUT2D eigenvalue weighted by Crippen LogP contribution is -2.16. The predicted molar refractivity (Wildman–Crippen MR) is 71.2 cm³/mol. The van der Waals surface area contributed by atoms with E-state index in [2.05, 4.69) is 28.2 Å². The summed E-state index contributed by atoms with van der Waals surface area (Å²) in [4.78, 5) is 10.6. The summed E-state index contributed by atoms with van der Waals surface area (Å²) >= 11 is 3.34. The van der Waals surface area contributed by atoms with Crippen LogP contribution in [0.3, 0.4) is 0 Å².